The number of carboxylic acids is 2. The Morgan fingerprint density at radius 3 is 2.31 bits per heavy atom. The van der Waals surface area contributed by atoms with Crippen LogP contribution in [0.3, 0.4) is 0 Å². The van der Waals surface area contributed by atoms with Gasteiger partial charge in [-0.25, -0.2) is 4.79 Å². The number of rotatable bonds is 4. The van der Waals surface area contributed by atoms with Crippen molar-refractivity contribution < 1.29 is 30.0 Å². The van der Waals surface area contributed by atoms with E-state index >= 15 is 0 Å². The van der Waals surface area contributed by atoms with Crippen molar-refractivity contribution in [2.45, 2.75) is 12.5 Å². The van der Waals surface area contributed by atoms with Gasteiger partial charge in [-0.1, -0.05) is 12.1 Å². The molecule has 0 aliphatic rings. The van der Waals surface area contributed by atoms with E-state index in [1.165, 1.54) is 12.1 Å². The predicted octanol–water partition coefficient (Wildman–Crippen LogP) is 0.137. The Morgan fingerprint density at radius 2 is 1.88 bits per heavy atom. The topological polar surface area (TPSA) is 115 Å². The second kappa shape index (κ2) is 4.63. The van der Waals surface area contributed by atoms with Crippen LogP contribution < -0.4 is 0 Å². The highest BCUT2D eigenvalue weighted by atomic mass is 16.4. The molecule has 1 aromatic rings. The molecule has 86 valence electrons. The van der Waals surface area contributed by atoms with E-state index in [1.54, 1.807) is 0 Å². The number of hydrogen-bond donors (Lipinski definition) is 4. The van der Waals surface area contributed by atoms with E-state index in [9.17, 15) is 14.7 Å². The highest BCUT2D eigenvalue weighted by Gasteiger charge is 2.17. The molecule has 0 bridgehead atoms. The van der Waals surface area contributed by atoms with E-state index in [0.29, 0.717) is 0 Å². The summed E-state index contributed by atoms with van der Waals surface area (Å²) in [5.41, 5.74) is 0.160. The Bertz CT molecular complexity index is 425. The van der Waals surface area contributed by atoms with Crippen molar-refractivity contribution in [1.82, 2.24) is 0 Å². The minimum Gasteiger partial charge on any atom is -0.508 e. The number of aliphatic hydroxyl groups excluding tert-OH is 1. The molecule has 0 aliphatic heterocycles. The molecule has 0 saturated carbocycles. The third-order valence-corrected chi connectivity index (χ3v) is 2.00. The van der Waals surface area contributed by atoms with Crippen LogP contribution in [0.1, 0.15) is 17.2 Å². The standard InChI is InChI=1S/C10H10O6/c11-7-3-6(9(14)10(15)16)2-1-5(7)4-8(12)13/h1-3,9,11,14H,4H2,(H,12,13)(H,15,16). The van der Waals surface area contributed by atoms with Crippen molar-refractivity contribution in [3.05, 3.63) is 29.3 Å². The van der Waals surface area contributed by atoms with E-state index in [-0.39, 0.29) is 23.3 Å². The number of phenolic OH excluding ortho intramolecular Hbond substituents is 1. The Kier molecular flexibility index (Phi) is 3.47. The first kappa shape index (κ1) is 12.0. The summed E-state index contributed by atoms with van der Waals surface area (Å²) in [6.45, 7) is 0. The smallest absolute Gasteiger partial charge is 0.337 e. The second-order valence-electron chi connectivity index (χ2n) is 3.20. The summed E-state index contributed by atoms with van der Waals surface area (Å²) in [6, 6.07) is 3.57. The quantitative estimate of drug-likeness (QED) is 0.580. The van der Waals surface area contributed by atoms with Crippen molar-refractivity contribution >= 4 is 11.9 Å². The summed E-state index contributed by atoms with van der Waals surface area (Å²) in [7, 11) is 0. The molecule has 0 fully saturated rings. The molecular formula is C10H10O6. The van der Waals surface area contributed by atoms with Gasteiger partial charge < -0.3 is 20.4 Å². The number of carbonyl (C=O) groups is 2. The van der Waals surface area contributed by atoms with Gasteiger partial charge in [-0.2, -0.15) is 0 Å². The average Bonchev–Trinajstić information content (AvgIpc) is 2.19. The fourth-order valence-electron chi connectivity index (χ4n) is 1.21. The van der Waals surface area contributed by atoms with Gasteiger partial charge in [-0.15, -0.1) is 0 Å². The van der Waals surface area contributed by atoms with Crippen molar-refractivity contribution in [2.24, 2.45) is 0 Å². The zero-order valence-corrected chi connectivity index (χ0v) is 8.12. The number of aliphatic carboxylic acids is 2. The lowest BCUT2D eigenvalue weighted by molar-refractivity contribution is -0.147. The maximum atomic E-state index is 10.4. The third kappa shape index (κ3) is 2.71. The average molecular weight is 226 g/mol. The van der Waals surface area contributed by atoms with Crippen LogP contribution in [-0.4, -0.2) is 32.4 Å². The first-order chi connectivity index (χ1) is 7.41. The molecule has 0 heterocycles. The predicted molar refractivity (Wildman–Crippen MR) is 52.0 cm³/mol. The normalized spacial score (nSPS) is 12.1. The molecule has 0 saturated heterocycles. The lowest BCUT2D eigenvalue weighted by Gasteiger charge is -2.08. The molecule has 16 heavy (non-hydrogen) atoms. The monoisotopic (exact) mass is 226 g/mol. The zero-order valence-electron chi connectivity index (χ0n) is 8.12. The van der Waals surface area contributed by atoms with Gasteiger partial charge in [-0.05, 0) is 11.6 Å². The first-order valence-electron chi connectivity index (χ1n) is 4.36. The minimum absolute atomic E-state index is 0.000797. The van der Waals surface area contributed by atoms with Crippen LogP contribution in [0.15, 0.2) is 18.2 Å². The van der Waals surface area contributed by atoms with Crippen LogP contribution in [0, 0.1) is 0 Å². The summed E-state index contributed by atoms with van der Waals surface area (Å²) in [5, 5.41) is 35.6. The molecule has 0 radical (unpaired) electrons. The number of hydrogen-bond acceptors (Lipinski definition) is 4. The van der Waals surface area contributed by atoms with Gasteiger partial charge in [0, 0.05) is 5.56 Å². The summed E-state index contributed by atoms with van der Waals surface area (Å²) in [4.78, 5) is 20.8. The molecule has 1 atom stereocenters. The minimum atomic E-state index is -1.73. The van der Waals surface area contributed by atoms with Gasteiger partial charge >= 0.3 is 11.9 Å². The zero-order chi connectivity index (χ0) is 12.3. The van der Waals surface area contributed by atoms with E-state index < -0.39 is 18.0 Å². The van der Waals surface area contributed by atoms with Crippen LogP contribution in [0.4, 0.5) is 0 Å². The fourth-order valence-corrected chi connectivity index (χ4v) is 1.21. The summed E-state index contributed by atoms with van der Waals surface area (Å²) >= 11 is 0. The van der Waals surface area contributed by atoms with Crippen LogP contribution in [0.2, 0.25) is 0 Å². The molecule has 4 N–H and O–H groups in total. The van der Waals surface area contributed by atoms with Crippen molar-refractivity contribution in [2.75, 3.05) is 0 Å². The van der Waals surface area contributed by atoms with Gasteiger partial charge in [0.2, 0.25) is 0 Å². The lowest BCUT2D eigenvalue weighted by Crippen LogP contribution is -2.10. The van der Waals surface area contributed by atoms with E-state index in [1.807, 2.05) is 0 Å². The molecular weight excluding hydrogens is 216 g/mol. The van der Waals surface area contributed by atoms with Crippen LogP contribution in [0.5, 0.6) is 5.75 Å². The molecule has 0 amide bonds. The first-order valence-corrected chi connectivity index (χ1v) is 4.36. The van der Waals surface area contributed by atoms with Gasteiger partial charge in [-0.3, -0.25) is 4.79 Å². The van der Waals surface area contributed by atoms with Crippen molar-refractivity contribution in [3.8, 4) is 5.75 Å². The Hall–Kier alpha value is -2.08. The van der Waals surface area contributed by atoms with Gasteiger partial charge in [0.15, 0.2) is 6.10 Å². The van der Waals surface area contributed by atoms with Gasteiger partial charge in [0.1, 0.15) is 5.75 Å². The molecule has 0 spiro atoms. The number of aliphatic hydroxyl groups is 1. The molecule has 1 aromatic carbocycles. The van der Waals surface area contributed by atoms with Crippen LogP contribution in [0.25, 0.3) is 0 Å². The molecule has 6 heteroatoms. The van der Waals surface area contributed by atoms with E-state index in [4.69, 9.17) is 15.3 Å². The number of aromatic hydroxyl groups is 1. The Balaban J connectivity index is 2.99. The lowest BCUT2D eigenvalue weighted by atomic mass is 10.0. The van der Waals surface area contributed by atoms with Crippen molar-refractivity contribution in [1.29, 1.82) is 0 Å². The Morgan fingerprint density at radius 1 is 1.25 bits per heavy atom. The molecule has 0 aliphatic carbocycles. The third-order valence-electron chi connectivity index (χ3n) is 2.00. The maximum Gasteiger partial charge on any atom is 0.337 e. The highest BCUT2D eigenvalue weighted by molar-refractivity contribution is 5.75. The summed E-state index contributed by atoms with van der Waals surface area (Å²) < 4.78 is 0. The molecule has 0 aromatic heterocycles. The second-order valence-corrected chi connectivity index (χ2v) is 3.20. The summed E-state index contributed by atoms with van der Waals surface area (Å²) in [6.07, 6.45) is -2.10. The largest absolute Gasteiger partial charge is 0.508 e. The van der Waals surface area contributed by atoms with Crippen LogP contribution >= 0.6 is 0 Å². The number of phenols is 1. The van der Waals surface area contributed by atoms with Gasteiger partial charge in [0.05, 0.1) is 6.42 Å². The van der Waals surface area contributed by atoms with Gasteiger partial charge in [0.25, 0.3) is 0 Å². The highest BCUT2D eigenvalue weighted by Crippen LogP contribution is 2.23. The van der Waals surface area contributed by atoms with Crippen LogP contribution in [-0.2, 0) is 16.0 Å². The molecule has 1 rings (SSSR count). The van der Waals surface area contributed by atoms with E-state index in [2.05, 4.69) is 0 Å². The molecule has 6 nitrogen and oxygen atoms in total. The molecule has 1 unspecified atom stereocenters. The Labute approximate surface area is 90.4 Å². The number of benzene rings is 1. The SMILES string of the molecule is O=C(O)Cc1ccc(C(O)C(=O)O)cc1O. The van der Waals surface area contributed by atoms with Crippen molar-refractivity contribution in [3.63, 3.8) is 0 Å². The number of carboxylic acid groups (broad SMARTS) is 2. The fraction of sp³-hybridized carbons (Fsp3) is 0.200. The summed E-state index contributed by atoms with van der Waals surface area (Å²) in [5.74, 6) is -2.90. The maximum absolute atomic E-state index is 10.4. The van der Waals surface area contributed by atoms with E-state index in [0.717, 1.165) is 6.07 Å².